The molecule has 0 aromatic carbocycles. The van der Waals surface area contributed by atoms with Crippen LogP contribution in [0.1, 0.15) is 0 Å². The molecular formula is C9H10FN5. The van der Waals surface area contributed by atoms with Crippen LogP contribution in [0.4, 0.5) is 10.2 Å². The van der Waals surface area contributed by atoms with Crippen LogP contribution in [0.2, 0.25) is 0 Å². The zero-order valence-corrected chi connectivity index (χ0v) is 7.97. The van der Waals surface area contributed by atoms with E-state index in [-0.39, 0.29) is 0 Å². The molecule has 2 rings (SSSR count). The van der Waals surface area contributed by atoms with Gasteiger partial charge >= 0.3 is 0 Å². The van der Waals surface area contributed by atoms with Gasteiger partial charge in [-0.1, -0.05) is 0 Å². The Morgan fingerprint density at radius 3 is 3.07 bits per heavy atom. The summed E-state index contributed by atoms with van der Waals surface area (Å²) in [5.41, 5.74) is 0. The number of nitrogens with zero attached hydrogens (tertiary/aromatic N) is 4. The van der Waals surface area contributed by atoms with Crippen LogP contribution >= 0.6 is 0 Å². The molecule has 6 heteroatoms. The lowest BCUT2D eigenvalue weighted by molar-refractivity contribution is 0.580. The van der Waals surface area contributed by atoms with Crippen molar-refractivity contribution in [2.75, 3.05) is 11.9 Å². The van der Waals surface area contributed by atoms with E-state index in [1.54, 1.807) is 12.5 Å². The van der Waals surface area contributed by atoms with Crippen molar-refractivity contribution in [3.63, 3.8) is 0 Å². The Hall–Kier alpha value is -1.98. The topological polar surface area (TPSA) is 55.6 Å². The highest BCUT2D eigenvalue weighted by atomic mass is 19.1. The van der Waals surface area contributed by atoms with Crippen molar-refractivity contribution in [3.8, 4) is 0 Å². The highest BCUT2D eigenvalue weighted by molar-refractivity contribution is 5.31. The van der Waals surface area contributed by atoms with Gasteiger partial charge in [0.05, 0.1) is 6.33 Å². The third-order valence-corrected chi connectivity index (χ3v) is 1.87. The van der Waals surface area contributed by atoms with E-state index in [0.717, 1.165) is 6.54 Å². The smallest absolute Gasteiger partial charge is 0.217 e. The maximum atomic E-state index is 12.7. The lowest BCUT2D eigenvalue weighted by Crippen LogP contribution is -2.10. The fourth-order valence-electron chi connectivity index (χ4n) is 1.16. The summed E-state index contributed by atoms with van der Waals surface area (Å²) in [5, 5.41) is 2.98. The van der Waals surface area contributed by atoms with E-state index in [0.29, 0.717) is 12.4 Å². The second-order valence-electron chi connectivity index (χ2n) is 2.95. The largest absolute Gasteiger partial charge is 0.368 e. The Morgan fingerprint density at radius 1 is 1.40 bits per heavy atom. The molecule has 5 nitrogen and oxygen atoms in total. The van der Waals surface area contributed by atoms with E-state index in [2.05, 4.69) is 20.3 Å². The summed E-state index contributed by atoms with van der Waals surface area (Å²) in [5.74, 6) is -0.0438. The van der Waals surface area contributed by atoms with Crippen LogP contribution in [-0.4, -0.2) is 26.1 Å². The summed E-state index contributed by atoms with van der Waals surface area (Å²) < 4.78 is 14.6. The molecule has 0 saturated carbocycles. The van der Waals surface area contributed by atoms with Crippen molar-refractivity contribution < 1.29 is 4.39 Å². The highest BCUT2D eigenvalue weighted by Crippen LogP contribution is 2.01. The van der Waals surface area contributed by atoms with Crippen molar-refractivity contribution >= 4 is 5.82 Å². The molecule has 15 heavy (non-hydrogen) atoms. The first-order chi connectivity index (χ1) is 7.34. The molecule has 0 aliphatic carbocycles. The molecule has 0 saturated heterocycles. The Kier molecular flexibility index (Phi) is 2.87. The Bertz CT molecular complexity index is 414. The van der Waals surface area contributed by atoms with Gasteiger partial charge < -0.3 is 9.88 Å². The number of anilines is 1. The molecule has 1 N–H and O–H groups in total. The minimum absolute atomic E-state index is 0.489. The van der Waals surface area contributed by atoms with Gasteiger partial charge in [-0.15, -0.1) is 0 Å². The number of rotatable bonds is 4. The molecular weight excluding hydrogens is 197 g/mol. The average molecular weight is 207 g/mol. The summed E-state index contributed by atoms with van der Waals surface area (Å²) in [7, 11) is 0. The van der Waals surface area contributed by atoms with Crippen molar-refractivity contribution in [2.24, 2.45) is 0 Å². The monoisotopic (exact) mass is 207 g/mol. The Balaban J connectivity index is 1.83. The van der Waals surface area contributed by atoms with Gasteiger partial charge in [0.2, 0.25) is 5.95 Å². The van der Waals surface area contributed by atoms with Gasteiger partial charge in [0, 0.05) is 31.5 Å². The number of hydrogen-bond acceptors (Lipinski definition) is 4. The molecule has 0 spiro atoms. The normalized spacial score (nSPS) is 10.2. The average Bonchev–Trinajstić information content (AvgIpc) is 2.71. The predicted octanol–water partition coefficient (Wildman–Crippen LogP) is 0.924. The fourth-order valence-corrected chi connectivity index (χ4v) is 1.16. The van der Waals surface area contributed by atoms with Gasteiger partial charge in [0.1, 0.15) is 12.1 Å². The quantitative estimate of drug-likeness (QED) is 0.757. The molecule has 0 aliphatic heterocycles. The van der Waals surface area contributed by atoms with Crippen LogP contribution in [0.3, 0.4) is 0 Å². The van der Waals surface area contributed by atoms with E-state index in [4.69, 9.17) is 0 Å². The van der Waals surface area contributed by atoms with E-state index in [9.17, 15) is 4.39 Å². The van der Waals surface area contributed by atoms with E-state index in [1.165, 1.54) is 12.4 Å². The van der Waals surface area contributed by atoms with Gasteiger partial charge in [-0.3, -0.25) is 0 Å². The molecule has 2 aromatic rings. The molecule has 2 aromatic heterocycles. The third kappa shape index (κ3) is 2.73. The van der Waals surface area contributed by atoms with Crippen molar-refractivity contribution in [2.45, 2.75) is 6.54 Å². The lowest BCUT2D eigenvalue weighted by Gasteiger charge is -2.05. The lowest BCUT2D eigenvalue weighted by atomic mass is 10.5. The minimum atomic E-state index is -0.532. The first kappa shape index (κ1) is 9.57. The number of imidazole rings is 1. The molecule has 0 bridgehead atoms. The van der Waals surface area contributed by atoms with E-state index < -0.39 is 5.95 Å². The molecule has 0 unspecified atom stereocenters. The van der Waals surface area contributed by atoms with E-state index >= 15 is 0 Å². The Morgan fingerprint density at radius 2 is 2.33 bits per heavy atom. The van der Waals surface area contributed by atoms with Crippen LogP contribution in [0.25, 0.3) is 0 Å². The van der Waals surface area contributed by atoms with Gasteiger partial charge in [-0.25, -0.2) is 15.0 Å². The molecule has 0 atom stereocenters. The minimum Gasteiger partial charge on any atom is -0.368 e. The first-order valence-corrected chi connectivity index (χ1v) is 4.52. The predicted molar refractivity (Wildman–Crippen MR) is 52.7 cm³/mol. The maximum absolute atomic E-state index is 12.7. The summed E-state index contributed by atoms with van der Waals surface area (Å²) in [4.78, 5) is 11.1. The van der Waals surface area contributed by atoms with Gasteiger partial charge in [-0.05, 0) is 0 Å². The third-order valence-electron chi connectivity index (χ3n) is 1.87. The molecule has 0 radical (unpaired) electrons. The summed E-state index contributed by atoms with van der Waals surface area (Å²) in [6.45, 7) is 1.42. The summed E-state index contributed by atoms with van der Waals surface area (Å²) >= 11 is 0. The van der Waals surface area contributed by atoms with Crippen LogP contribution in [0.15, 0.2) is 31.1 Å². The molecule has 0 amide bonds. The van der Waals surface area contributed by atoms with Crippen LogP contribution in [0, 0.1) is 5.95 Å². The first-order valence-electron chi connectivity index (χ1n) is 4.52. The summed E-state index contributed by atoms with van der Waals surface area (Å²) in [6.07, 6.45) is 6.49. The second kappa shape index (κ2) is 4.50. The number of hydrogen-bond donors (Lipinski definition) is 1. The zero-order chi connectivity index (χ0) is 10.5. The van der Waals surface area contributed by atoms with Gasteiger partial charge in [0.25, 0.3) is 0 Å². The number of halogens is 1. The molecule has 0 fully saturated rings. The number of nitrogens with one attached hydrogen (secondary N) is 1. The van der Waals surface area contributed by atoms with Crippen LogP contribution < -0.4 is 5.32 Å². The van der Waals surface area contributed by atoms with E-state index in [1.807, 2.05) is 10.8 Å². The molecule has 2 heterocycles. The number of aromatic nitrogens is 4. The second-order valence-corrected chi connectivity index (χ2v) is 2.95. The SMILES string of the molecule is Fc1cc(NCCn2ccnc2)ncn1. The molecule has 0 aliphatic rings. The van der Waals surface area contributed by atoms with Gasteiger partial charge in [0.15, 0.2) is 0 Å². The Labute approximate surface area is 86.0 Å². The van der Waals surface area contributed by atoms with Crippen molar-refractivity contribution in [1.82, 2.24) is 19.5 Å². The maximum Gasteiger partial charge on any atom is 0.217 e. The highest BCUT2D eigenvalue weighted by Gasteiger charge is 1.96. The molecule has 78 valence electrons. The fraction of sp³-hybridized carbons (Fsp3) is 0.222. The van der Waals surface area contributed by atoms with Crippen molar-refractivity contribution in [1.29, 1.82) is 0 Å². The van der Waals surface area contributed by atoms with Crippen LogP contribution in [0.5, 0.6) is 0 Å². The van der Waals surface area contributed by atoms with Crippen LogP contribution in [-0.2, 0) is 6.54 Å². The summed E-state index contributed by atoms with van der Waals surface area (Å²) in [6, 6.07) is 1.26. The zero-order valence-electron chi connectivity index (χ0n) is 7.97. The van der Waals surface area contributed by atoms with Crippen molar-refractivity contribution in [3.05, 3.63) is 37.1 Å². The van der Waals surface area contributed by atoms with Gasteiger partial charge in [-0.2, -0.15) is 4.39 Å². The standard InChI is InChI=1S/C9H10FN5/c10-8-5-9(14-6-13-8)12-2-4-15-3-1-11-7-15/h1,3,5-7H,2,4H2,(H,12,13,14).